The first-order valence-electron chi connectivity index (χ1n) is 9.47. The van der Waals surface area contributed by atoms with Crippen LogP contribution in [0.5, 0.6) is 0 Å². The zero-order valence-corrected chi connectivity index (χ0v) is 17.1. The smallest absolute Gasteiger partial charge is 0.336 e. The van der Waals surface area contributed by atoms with Crippen LogP contribution in [0.1, 0.15) is 58.4 Å². The van der Waals surface area contributed by atoms with Crippen molar-refractivity contribution in [2.24, 2.45) is 16.3 Å². The Bertz CT molecular complexity index is 820. The monoisotopic (exact) mass is 387 g/mol. The summed E-state index contributed by atoms with van der Waals surface area (Å²) in [4.78, 5) is 30.6. The lowest BCUT2D eigenvalue weighted by Gasteiger charge is -2.41. The summed E-state index contributed by atoms with van der Waals surface area (Å²) in [5, 5.41) is 0.621. The molecule has 0 spiro atoms. The van der Waals surface area contributed by atoms with Gasteiger partial charge >= 0.3 is 5.97 Å². The molecular formula is C22H26ClNO3. The third kappa shape index (κ3) is 4.01. The number of carbonyl (C=O) groups excluding carboxylic acids is 2. The molecule has 3 rings (SSSR count). The largest absolute Gasteiger partial charge is 0.462 e. The molecule has 0 bridgehead atoms. The van der Waals surface area contributed by atoms with E-state index in [9.17, 15) is 9.59 Å². The molecular weight excluding hydrogens is 362 g/mol. The van der Waals surface area contributed by atoms with Gasteiger partial charge in [0.1, 0.15) is 5.78 Å². The Morgan fingerprint density at radius 2 is 1.89 bits per heavy atom. The molecule has 5 heteroatoms. The Kier molecular flexibility index (Phi) is 5.57. The second kappa shape index (κ2) is 7.59. The van der Waals surface area contributed by atoms with Gasteiger partial charge in [-0.15, -0.1) is 0 Å². The van der Waals surface area contributed by atoms with Gasteiger partial charge in [0.25, 0.3) is 0 Å². The lowest BCUT2D eigenvalue weighted by atomic mass is 9.63. The van der Waals surface area contributed by atoms with Crippen LogP contribution in [0.3, 0.4) is 0 Å². The number of Topliss-reactive ketones (excluding diaryl/α,β-unsaturated/α-hetero) is 1. The van der Waals surface area contributed by atoms with E-state index in [-0.39, 0.29) is 23.1 Å². The van der Waals surface area contributed by atoms with E-state index in [1.165, 1.54) is 0 Å². The summed E-state index contributed by atoms with van der Waals surface area (Å²) in [6.45, 7) is 8.32. The molecule has 1 aliphatic carbocycles. The molecule has 2 aliphatic rings. The minimum Gasteiger partial charge on any atom is -0.462 e. The number of carbonyl (C=O) groups is 2. The summed E-state index contributed by atoms with van der Waals surface area (Å²) >= 11 is 6.06. The van der Waals surface area contributed by atoms with Gasteiger partial charge in [-0.25, -0.2) is 4.79 Å². The Balaban J connectivity index is 2.12. The maximum Gasteiger partial charge on any atom is 0.336 e. The molecule has 27 heavy (non-hydrogen) atoms. The molecule has 1 heterocycles. The number of ketones is 1. The van der Waals surface area contributed by atoms with Crippen LogP contribution in [0.4, 0.5) is 0 Å². The second-order valence-corrected chi connectivity index (χ2v) is 8.67. The highest BCUT2D eigenvalue weighted by atomic mass is 35.5. The highest BCUT2D eigenvalue weighted by Gasteiger charge is 2.47. The maximum absolute atomic E-state index is 13.1. The summed E-state index contributed by atoms with van der Waals surface area (Å²) in [6, 6.07) is 7.38. The number of hydrogen-bond acceptors (Lipinski definition) is 4. The van der Waals surface area contributed by atoms with E-state index in [0.717, 1.165) is 24.1 Å². The molecule has 0 amide bonds. The molecule has 2 unspecified atom stereocenters. The Morgan fingerprint density at radius 1 is 1.22 bits per heavy atom. The summed E-state index contributed by atoms with van der Waals surface area (Å²) in [5.74, 6) is -1.03. The molecule has 1 aromatic carbocycles. The number of rotatable bonds is 4. The van der Waals surface area contributed by atoms with Gasteiger partial charge in [-0.3, -0.25) is 9.79 Å². The first kappa shape index (κ1) is 19.8. The number of esters is 1. The van der Waals surface area contributed by atoms with Crippen molar-refractivity contribution in [3.63, 3.8) is 0 Å². The minimum absolute atomic E-state index is 0.114. The van der Waals surface area contributed by atoms with Crippen molar-refractivity contribution in [2.75, 3.05) is 6.61 Å². The Labute approximate surface area is 165 Å². The van der Waals surface area contributed by atoms with Gasteiger partial charge < -0.3 is 4.74 Å². The summed E-state index contributed by atoms with van der Waals surface area (Å²) in [7, 11) is 0. The lowest BCUT2D eigenvalue weighted by Crippen LogP contribution is -2.44. The molecule has 4 nitrogen and oxygen atoms in total. The lowest BCUT2D eigenvalue weighted by molar-refractivity contribution is -0.139. The topological polar surface area (TPSA) is 55.7 Å². The average Bonchev–Trinajstić information content (AvgIpc) is 2.58. The zero-order valence-electron chi connectivity index (χ0n) is 16.3. The van der Waals surface area contributed by atoms with Gasteiger partial charge in [0.15, 0.2) is 0 Å². The van der Waals surface area contributed by atoms with Crippen LogP contribution in [0.15, 0.2) is 40.5 Å². The number of allylic oxidation sites excluding steroid dienone is 1. The van der Waals surface area contributed by atoms with Crippen molar-refractivity contribution >= 4 is 29.1 Å². The van der Waals surface area contributed by atoms with Crippen LogP contribution < -0.4 is 0 Å². The first-order valence-corrected chi connectivity index (χ1v) is 9.85. The van der Waals surface area contributed by atoms with E-state index in [1.807, 2.05) is 26.0 Å². The maximum atomic E-state index is 13.1. The summed E-state index contributed by atoms with van der Waals surface area (Å²) < 4.78 is 5.43. The standard InChI is InChI=1S/C22H26ClNO3/c1-5-10-27-21(26)18-13(2)24-16-11-22(3,4)12-17(25)20(16)19(18)14-6-8-15(23)9-7-14/h6-9,19-20H,5,10-12H2,1-4H3. The fourth-order valence-electron chi connectivity index (χ4n) is 4.16. The van der Waals surface area contributed by atoms with Crippen LogP contribution in [0.25, 0.3) is 0 Å². The van der Waals surface area contributed by atoms with E-state index in [4.69, 9.17) is 21.3 Å². The van der Waals surface area contributed by atoms with E-state index < -0.39 is 5.92 Å². The predicted molar refractivity (Wildman–Crippen MR) is 107 cm³/mol. The van der Waals surface area contributed by atoms with Crippen molar-refractivity contribution in [3.8, 4) is 0 Å². The molecule has 0 N–H and O–H groups in total. The van der Waals surface area contributed by atoms with Crippen molar-refractivity contribution in [1.82, 2.24) is 0 Å². The Hall–Kier alpha value is -1.94. The number of hydrogen-bond donors (Lipinski definition) is 0. The number of nitrogens with zero attached hydrogens (tertiary/aromatic N) is 1. The number of benzene rings is 1. The molecule has 0 saturated heterocycles. The molecule has 1 aliphatic heterocycles. The third-order valence-electron chi connectivity index (χ3n) is 5.25. The third-order valence-corrected chi connectivity index (χ3v) is 5.50. The van der Waals surface area contributed by atoms with Crippen molar-refractivity contribution < 1.29 is 14.3 Å². The highest BCUT2D eigenvalue weighted by molar-refractivity contribution is 6.30. The van der Waals surface area contributed by atoms with E-state index in [2.05, 4.69) is 13.8 Å². The van der Waals surface area contributed by atoms with Crippen LogP contribution in [-0.4, -0.2) is 24.1 Å². The second-order valence-electron chi connectivity index (χ2n) is 8.23. The average molecular weight is 388 g/mol. The number of fused-ring (bicyclic) bond motifs is 1. The molecule has 144 valence electrons. The molecule has 1 aromatic rings. The fourth-order valence-corrected chi connectivity index (χ4v) is 4.29. The van der Waals surface area contributed by atoms with Gasteiger partial charge in [-0.05, 0) is 42.9 Å². The quantitative estimate of drug-likeness (QED) is 0.674. The van der Waals surface area contributed by atoms with Crippen molar-refractivity contribution in [3.05, 3.63) is 46.1 Å². The molecule has 0 radical (unpaired) electrons. The van der Waals surface area contributed by atoms with E-state index in [1.54, 1.807) is 12.1 Å². The zero-order chi connectivity index (χ0) is 19.8. The molecule has 1 saturated carbocycles. The van der Waals surface area contributed by atoms with Crippen LogP contribution in [-0.2, 0) is 14.3 Å². The predicted octanol–water partition coefficient (Wildman–Crippen LogP) is 5.11. The summed E-state index contributed by atoms with van der Waals surface area (Å²) in [5.41, 5.74) is 2.80. The van der Waals surface area contributed by atoms with Gasteiger partial charge in [-0.2, -0.15) is 0 Å². The van der Waals surface area contributed by atoms with E-state index >= 15 is 0 Å². The number of aliphatic imine (C=N–C) groups is 1. The first-order chi connectivity index (χ1) is 12.7. The van der Waals surface area contributed by atoms with Crippen LogP contribution in [0, 0.1) is 11.3 Å². The van der Waals surface area contributed by atoms with Gasteiger partial charge in [0, 0.05) is 28.8 Å². The summed E-state index contributed by atoms with van der Waals surface area (Å²) in [6.07, 6.45) is 1.98. The van der Waals surface area contributed by atoms with Crippen molar-refractivity contribution in [1.29, 1.82) is 0 Å². The van der Waals surface area contributed by atoms with Gasteiger partial charge in [-0.1, -0.05) is 44.5 Å². The Morgan fingerprint density at radius 3 is 2.52 bits per heavy atom. The minimum atomic E-state index is -0.410. The number of halogens is 1. The van der Waals surface area contributed by atoms with Gasteiger partial charge in [0.2, 0.25) is 0 Å². The van der Waals surface area contributed by atoms with E-state index in [0.29, 0.717) is 29.3 Å². The fraction of sp³-hybridized carbons (Fsp3) is 0.500. The number of ether oxygens (including phenoxy) is 1. The van der Waals surface area contributed by atoms with Crippen molar-refractivity contribution in [2.45, 2.75) is 52.9 Å². The SMILES string of the molecule is CCCOC(=O)C1=C(C)N=C2CC(C)(C)CC(=O)C2C1c1ccc(Cl)cc1. The van der Waals surface area contributed by atoms with Crippen LogP contribution >= 0.6 is 11.6 Å². The molecule has 2 atom stereocenters. The normalized spacial score (nSPS) is 24.3. The highest BCUT2D eigenvalue weighted by Crippen LogP contribution is 2.47. The van der Waals surface area contributed by atoms with Crippen LogP contribution in [0.2, 0.25) is 5.02 Å². The van der Waals surface area contributed by atoms with Gasteiger partial charge in [0.05, 0.1) is 18.1 Å². The molecule has 0 aromatic heterocycles. The molecule has 1 fully saturated rings.